The molecule has 1 fully saturated rings. The number of benzene rings is 1. The van der Waals surface area contributed by atoms with Crippen LogP contribution in [0, 0.1) is 0 Å². The molecule has 2 heterocycles. The third kappa shape index (κ3) is 4.14. The van der Waals surface area contributed by atoms with Gasteiger partial charge in [-0.05, 0) is 29.1 Å². The number of hydrogen-bond donors (Lipinski definition) is 1. The molecule has 0 saturated carbocycles. The molecule has 0 aliphatic carbocycles. The molecule has 0 bridgehead atoms. The summed E-state index contributed by atoms with van der Waals surface area (Å²) in [4.78, 5) is 15.4. The van der Waals surface area contributed by atoms with Gasteiger partial charge in [-0.15, -0.1) is 11.3 Å². The molecule has 1 aromatic carbocycles. The Morgan fingerprint density at radius 2 is 2.04 bits per heavy atom. The van der Waals surface area contributed by atoms with Gasteiger partial charge in [0.1, 0.15) is 5.75 Å². The molecular formula is C18H22N2O3S. The molecule has 1 aliphatic rings. The number of nitrogens with one attached hydrogen (secondary N) is 1. The van der Waals surface area contributed by atoms with E-state index in [9.17, 15) is 4.79 Å². The van der Waals surface area contributed by atoms with Gasteiger partial charge in [0.2, 0.25) is 0 Å². The van der Waals surface area contributed by atoms with Gasteiger partial charge in [0, 0.05) is 19.6 Å². The van der Waals surface area contributed by atoms with Crippen LogP contribution in [0.5, 0.6) is 5.75 Å². The first-order valence-electron chi connectivity index (χ1n) is 8.05. The van der Waals surface area contributed by atoms with E-state index in [-0.39, 0.29) is 11.9 Å². The lowest BCUT2D eigenvalue weighted by molar-refractivity contribution is 0.0162. The summed E-state index contributed by atoms with van der Waals surface area (Å²) in [5, 5.41) is 4.98. The number of ether oxygens (including phenoxy) is 2. The molecule has 0 unspecified atom stereocenters. The smallest absolute Gasteiger partial charge is 0.261 e. The SMILES string of the molecule is COc1ccc([C@@H](CNC(=O)c2cccs2)N2CCOCC2)cc1. The fourth-order valence-corrected chi connectivity index (χ4v) is 3.50. The topological polar surface area (TPSA) is 50.8 Å². The quantitative estimate of drug-likeness (QED) is 0.873. The minimum atomic E-state index is -0.0169. The van der Waals surface area contributed by atoms with E-state index in [0.717, 1.165) is 36.9 Å². The largest absolute Gasteiger partial charge is 0.497 e. The highest BCUT2D eigenvalue weighted by molar-refractivity contribution is 7.12. The van der Waals surface area contributed by atoms with Crippen molar-refractivity contribution >= 4 is 17.2 Å². The first kappa shape index (κ1) is 17.0. The average Bonchev–Trinajstić information content (AvgIpc) is 3.18. The molecule has 1 saturated heterocycles. The van der Waals surface area contributed by atoms with Crippen LogP contribution in [0.3, 0.4) is 0 Å². The van der Waals surface area contributed by atoms with Crippen molar-refractivity contribution in [3.05, 3.63) is 52.2 Å². The van der Waals surface area contributed by atoms with E-state index in [1.165, 1.54) is 16.9 Å². The van der Waals surface area contributed by atoms with Crippen molar-refractivity contribution in [1.82, 2.24) is 10.2 Å². The van der Waals surface area contributed by atoms with E-state index in [2.05, 4.69) is 22.3 Å². The second-order valence-corrected chi connectivity index (χ2v) is 6.57. The Morgan fingerprint density at radius 1 is 1.29 bits per heavy atom. The molecule has 0 radical (unpaired) electrons. The lowest BCUT2D eigenvalue weighted by Gasteiger charge is -2.35. The highest BCUT2D eigenvalue weighted by atomic mass is 32.1. The third-order valence-electron chi connectivity index (χ3n) is 4.19. The number of methoxy groups -OCH3 is 1. The van der Waals surface area contributed by atoms with Crippen LogP contribution in [0.2, 0.25) is 0 Å². The maximum absolute atomic E-state index is 12.3. The molecule has 1 aromatic heterocycles. The van der Waals surface area contributed by atoms with E-state index in [1.807, 2.05) is 29.6 Å². The van der Waals surface area contributed by atoms with Crippen LogP contribution in [-0.2, 0) is 4.74 Å². The second-order valence-electron chi connectivity index (χ2n) is 5.62. The van der Waals surface area contributed by atoms with Crippen LogP contribution in [0.4, 0.5) is 0 Å². The first-order chi connectivity index (χ1) is 11.8. The van der Waals surface area contributed by atoms with Crippen LogP contribution < -0.4 is 10.1 Å². The summed E-state index contributed by atoms with van der Waals surface area (Å²) in [6.07, 6.45) is 0. The zero-order valence-corrected chi connectivity index (χ0v) is 14.6. The lowest BCUT2D eigenvalue weighted by atomic mass is 10.0. The number of morpholine rings is 1. The fraction of sp³-hybridized carbons (Fsp3) is 0.389. The van der Waals surface area contributed by atoms with Crippen molar-refractivity contribution < 1.29 is 14.3 Å². The van der Waals surface area contributed by atoms with Gasteiger partial charge in [-0.3, -0.25) is 9.69 Å². The normalized spacial score (nSPS) is 16.5. The molecule has 1 N–H and O–H groups in total. The zero-order valence-electron chi connectivity index (χ0n) is 13.7. The second kappa shape index (κ2) is 8.28. The van der Waals surface area contributed by atoms with Gasteiger partial charge in [-0.25, -0.2) is 0 Å². The summed E-state index contributed by atoms with van der Waals surface area (Å²) >= 11 is 1.46. The molecule has 2 aromatic rings. The molecule has 24 heavy (non-hydrogen) atoms. The number of hydrogen-bond acceptors (Lipinski definition) is 5. The van der Waals surface area contributed by atoms with Crippen LogP contribution in [0.25, 0.3) is 0 Å². The van der Waals surface area contributed by atoms with Gasteiger partial charge in [-0.1, -0.05) is 18.2 Å². The molecule has 128 valence electrons. The third-order valence-corrected chi connectivity index (χ3v) is 5.06. The minimum absolute atomic E-state index is 0.0169. The van der Waals surface area contributed by atoms with Crippen molar-refractivity contribution in [2.24, 2.45) is 0 Å². The van der Waals surface area contributed by atoms with Gasteiger partial charge in [0.15, 0.2) is 0 Å². The molecule has 1 amide bonds. The Bertz CT molecular complexity index is 637. The summed E-state index contributed by atoms with van der Waals surface area (Å²) in [7, 11) is 1.66. The van der Waals surface area contributed by atoms with Gasteiger partial charge in [0.25, 0.3) is 5.91 Å². The Balaban J connectivity index is 1.72. The van der Waals surface area contributed by atoms with Crippen LogP contribution in [0.15, 0.2) is 41.8 Å². The van der Waals surface area contributed by atoms with Crippen LogP contribution in [0.1, 0.15) is 21.3 Å². The fourth-order valence-electron chi connectivity index (χ4n) is 2.86. The first-order valence-corrected chi connectivity index (χ1v) is 8.93. The van der Waals surface area contributed by atoms with Crippen molar-refractivity contribution in [2.45, 2.75) is 6.04 Å². The van der Waals surface area contributed by atoms with Crippen molar-refractivity contribution in [2.75, 3.05) is 40.0 Å². The molecule has 1 aliphatic heterocycles. The number of carbonyl (C=O) groups is 1. The van der Waals surface area contributed by atoms with Crippen LogP contribution >= 0.6 is 11.3 Å². The molecule has 0 spiro atoms. The minimum Gasteiger partial charge on any atom is -0.497 e. The monoisotopic (exact) mass is 346 g/mol. The predicted molar refractivity (Wildman–Crippen MR) is 94.8 cm³/mol. The summed E-state index contributed by atoms with van der Waals surface area (Å²) < 4.78 is 10.7. The van der Waals surface area contributed by atoms with E-state index in [1.54, 1.807) is 7.11 Å². The Labute approximate surface area is 146 Å². The van der Waals surface area contributed by atoms with Crippen molar-refractivity contribution in [3.63, 3.8) is 0 Å². The molecule has 1 atom stereocenters. The Morgan fingerprint density at radius 3 is 2.67 bits per heavy atom. The molecule has 6 heteroatoms. The van der Waals surface area contributed by atoms with Gasteiger partial charge < -0.3 is 14.8 Å². The Kier molecular flexibility index (Phi) is 5.85. The average molecular weight is 346 g/mol. The summed E-state index contributed by atoms with van der Waals surface area (Å²) in [6.45, 7) is 3.76. The van der Waals surface area contributed by atoms with Gasteiger partial charge >= 0.3 is 0 Å². The van der Waals surface area contributed by atoms with Gasteiger partial charge in [-0.2, -0.15) is 0 Å². The predicted octanol–water partition coefficient (Wildman–Crippen LogP) is 2.56. The number of rotatable bonds is 6. The van der Waals surface area contributed by atoms with Crippen LogP contribution in [-0.4, -0.2) is 50.8 Å². The number of nitrogens with zero attached hydrogens (tertiary/aromatic N) is 1. The van der Waals surface area contributed by atoms with Crippen molar-refractivity contribution in [1.29, 1.82) is 0 Å². The highest BCUT2D eigenvalue weighted by Gasteiger charge is 2.23. The van der Waals surface area contributed by atoms with Gasteiger partial charge in [0.05, 0.1) is 31.2 Å². The number of carbonyl (C=O) groups excluding carboxylic acids is 1. The maximum atomic E-state index is 12.3. The summed E-state index contributed by atoms with van der Waals surface area (Å²) in [5.41, 5.74) is 1.17. The van der Waals surface area contributed by atoms with E-state index in [4.69, 9.17) is 9.47 Å². The van der Waals surface area contributed by atoms with Crippen molar-refractivity contribution in [3.8, 4) is 5.75 Å². The lowest BCUT2D eigenvalue weighted by Crippen LogP contribution is -2.43. The van der Waals surface area contributed by atoms with E-state index < -0.39 is 0 Å². The standard InChI is InChI=1S/C18H22N2O3S/c1-22-15-6-4-14(5-7-15)16(20-8-10-23-11-9-20)13-19-18(21)17-3-2-12-24-17/h2-7,12,16H,8-11,13H2,1H3,(H,19,21)/t16-/m1/s1. The number of amides is 1. The summed E-state index contributed by atoms with van der Waals surface area (Å²) in [6, 6.07) is 11.9. The number of thiophene rings is 1. The molecule has 3 rings (SSSR count). The maximum Gasteiger partial charge on any atom is 0.261 e. The Hall–Kier alpha value is -1.89. The highest BCUT2D eigenvalue weighted by Crippen LogP contribution is 2.24. The molecule has 5 nitrogen and oxygen atoms in total. The zero-order chi connectivity index (χ0) is 16.8. The van der Waals surface area contributed by atoms with E-state index in [0.29, 0.717) is 6.54 Å². The molecular weight excluding hydrogens is 324 g/mol. The summed E-state index contributed by atoms with van der Waals surface area (Å²) in [5.74, 6) is 0.818. The van der Waals surface area contributed by atoms with E-state index >= 15 is 0 Å².